The maximum absolute atomic E-state index is 12.7. The zero-order chi connectivity index (χ0) is 13.9. The smallest absolute Gasteiger partial charge is 0.166 e. The van der Waals surface area contributed by atoms with Gasteiger partial charge in [0.1, 0.15) is 0 Å². The van der Waals surface area contributed by atoms with E-state index in [9.17, 15) is 13.2 Å². The lowest BCUT2D eigenvalue weighted by Crippen LogP contribution is -2.17. The van der Waals surface area contributed by atoms with Gasteiger partial charge in [-0.1, -0.05) is 43.9 Å². The number of benzene rings is 1. The van der Waals surface area contributed by atoms with Crippen molar-refractivity contribution in [2.75, 3.05) is 5.88 Å². The van der Waals surface area contributed by atoms with Gasteiger partial charge in [-0.15, -0.1) is 11.6 Å². The van der Waals surface area contributed by atoms with E-state index in [0.29, 0.717) is 24.1 Å². The van der Waals surface area contributed by atoms with Gasteiger partial charge < -0.3 is 0 Å². The lowest BCUT2D eigenvalue weighted by Gasteiger charge is -2.21. The molecule has 0 heterocycles. The summed E-state index contributed by atoms with van der Waals surface area (Å²) in [5, 5.41) is 0. The summed E-state index contributed by atoms with van der Waals surface area (Å²) in [6, 6.07) is 5.63. The van der Waals surface area contributed by atoms with E-state index in [1.807, 2.05) is 0 Å². The standard InChI is InChI=1S/C15H18ClF3/c16-10-13(12-5-1-2-6-12)8-11-4-3-7-14(9-11)15(17,18)19/h3-4,7,9,12-13H,1-2,5-6,8,10H2. The fourth-order valence-electron chi connectivity index (χ4n) is 2.95. The van der Waals surface area contributed by atoms with Gasteiger partial charge in [0.25, 0.3) is 0 Å². The Morgan fingerprint density at radius 1 is 1.21 bits per heavy atom. The highest BCUT2D eigenvalue weighted by atomic mass is 35.5. The molecule has 1 saturated carbocycles. The summed E-state index contributed by atoms with van der Waals surface area (Å²) in [6.07, 6.45) is 1.16. The summed E-state index contributed by atoms with van der Waals surface area (Å²) in [5.41, 5.74) is 0.178. The first-order valence-electron chi connectivity index (χ1n) is 6.73. The Morgan fingerprint density at radius 3 is 2.47 bits per heavy atom. The molecule has 0 nitrogen and oxygen atoms in total. The van der Waals surface area contributed by atoms with E-state index < -0.39 is 11.7 Å². The second kappa shape index (κ2) is 6.17. The average molecular weight is 291 g/mol. The van der Waals surface area contributed by atoms with Crippen molar-refractivity contribution in [1.82, 2.24) is 0 Å². The lowest BCUT2D eigenvalue weighted by molar-refractivity contribution is -0.137. The molecular weight excluding hydrogens is 273 g/mol. The Kier molecular flexibility index (Phi) is 4.77. The van der Waals surface area contributed by atoms with Gasteiger partial charge in [0.2, 0.25) is 0 Å². The third kappa shape index (κ3) is 3.88. The number of alkyl halides is 4. The van der Waals surface area contributed by atoms with Gasteiger partial charge in [-0.2, -0.15) is 13.2 Å². The first-order valence-corrected chi connectivity index (χ1v) is 7.26. The van der Waals surface area contributed by atoms with Gasteiger partial charge in [-0.25, -0.2) is 0 Å². The molecule has 106 valence electrons. The molecule has 1 aromatic rings. The summed E-state index contributed by atoms with van der Waals surface area (Å²) < 4.78 is 38.0. The molecule has 0 aromatic heterocycles. The van der Waals surface area contributed by atoms with Crippen LogP contribution in [0, 0.1) is 11.8 Å². The van der Waals surface area contributed by atoms with Crippen molar-refractivity contribution in [3.8, 4) is 0 Å². The van der Waals surface area contributed by atoms with Crippen LogP contribution in [-0.4, -0.2) is 5.88 Å². The minimum absolute atomic E-state index is 0.299. The third-order valence-corrected chi connectivity index (χ3v) is 4.41. The molecule has 1 fully saturated rings. The summed E-state index contributed by atoms with van der Waals surface area (Å²) >= 11 is 6.00. The first kappa shape index (κ1) is 14.7. The van der Waals surface area contributed by atoms with Crippen LogP contribution in [0.3, 0.4) is 0 Å². The number of hydrogen-bond acceptors (Lipinski definition) is 0. The van der Waals surface area contributed by atoms with E-state index in [-0.39, 0.29) is 0 Å². The largest absolute Gasteiger partial charge is 0.416 e. The molecule has 1 atom stereocenters. The van der Waals surface area contributed by atoms with Gasteiger partial charge in [0.15, 0.2) is 0 Å². The second-order valence-electron chi connectivity index (χ2n) is 5.36. The summed E-state index contributed by atoms with van der Waals surface area (Å²) in [4.78, 5) is 0. The molecule has 1 unspecified atom stereocenters. The van der Waals surface area contributed by atoms with Crippen LogP contribution in [0.2, 0.25) is 0 Å². The Bertz CT molecular complexity index is 408. The highest BCUT2D eigenvalue weighted by Crippen LogP contribution is 2.35. The molecule has 2 rings (SSSR count). The molecule has 0 spiro atoms. The predicted molar refractivity (Wildman–Crippen MR) is 71.3 cm³/mol. The maximum atomic E-state index is 12.7. The van der Waals surface area contributed by atoms with Gasteiger partial charge in [-0.05, 0) is 29.9 Å². The topological polar surface area (TPSA) is 0 Å². The van der Waals surface area contributed by atoms with E-state index in [4.69, 9.17) is 11.6 Å². The molecule has 1 aliphatic carbocycles. The zero-order valence-corrected chi connectivity index (χ0v) is 11.5. The second-order valence-corrected chi connectivity index (χ2v) is 5.67. The first-order chi connectivity index (χ1) is 9.00. The van der Waals surface area contributed by atoms with Crippen LogP contribution >= 0.6 is 11.6 Å². The molecule has 1 aromatic carbocycles. The Hall–Kier alpha value is -0.700. The molecule has 0 N–H and O–H groups in total. The van der Waals surface area contributed by atoms with Crippen LogP contribution in [0.1, 0.15) is 36.8 Å². The molecular formula is C15H18ClF3. The lowest BCUT2D eigenvalue weighted by atomic mass is 9.87. The molecule has 19 heavy (non-hydrogen) atoms. The van der Waals surface area contributed by atoms with Gasteiger partial charge in [0.05, 0.1) is 5.56 Å². The molecule has 1 aliphatic rings. The number of halogens is 4. The predicted octanol–water partition coefficient (Wildman–Crippen LogP) is 5.29. The molecule has 0 bridgehead atoms. The number of hydrogen-bond donors (Lipinski definition) is 0. The minimum Gasteiger partial charge on any atom is -0.166 e. The van der Waals surface area contributed by atoms with Crippen LogP contribution in [0.4, 0.5) is 13.2 Å². The average Bonchev–Trinajstić information content (AvgIpc) is 2.89. The van der Waals surface area contributed by atoms with Gasteiger partial charge >= 0.3 is 6.18 Å². The van der Waals surface area contributed by atoms with E-state index in [1.165, 1.54) is 25.0 Å². The SMILES string of the molecule is FC(F)(F)c1cccc(CC(CCl)C2CCCC2)c1. The minimum atomic E-state index is -4.26. The molecule has 0 radical (unpaired) electrons. The summed E-state index contributed by atoms with van der Waals surface area (Å²) in [6.45, 7) is 0. The Balaban J connectivity index is 2.09. The normalized spacial score (nSPS) is 18.7. The van der Waals surface area contributed by atoms with E-state index in [2.05, 4.69) is 0 Å². The van der Waals surface area contributed by atoms with Crippen LogP contribution in [0.5, 0.6) is 0 Å². The highest BCUT2D eigenvalue weighted by molar-refractivity contribution is 6.18. The molecule has 0 amide bonds. The van der Waals surface area contributed by atoms with Crippen LogP contribution in [-0.2, 0) is 12.6 Å². The van der Waals surface area contributed by atoms with Crippen LogP contribution < -0.4 is 0 Å². The fourth-order valence-corrected chi connectivity index (χ4v) is 3.31. The zero-order valence-electron chi connectivity index (χ0n) is 10.7. The van der Waals surface area contributed by atoms with Crippen molar-refractivity contribution < 1.29 is 13.2 Å². The van der Waals surface area contributed by atoms with E-state index in [0.717, 1.165) is 24.5 Å². The van der Waals surface area contributed by atoms with E-state index in [1.54, 1.807) is 6.07 Å². The van der Waals surface area contributed by atoms with Crippen molar-refractivity contribution >= 4 is 11.6 Å². The Morgan fingerprint density at radius 2 is 1.89 bits per heavy atom. The summed E-state index contributed by atoms with van der Waals surface area (Å²) in [7, 11) is 0. The van der Waals surface area contributed by atoms with Crippen molar-refractivity contribution in [1.29, 1.82) is 0 Å². The van der Waals surface area contributed by atoms with Gasteiger partial charge in [-0.3, -0.25) is 0 Å². The van der Waals surface area contributed by atoms with Crippen molar-refractivity contribution in [3.63, 3.8) is 0 Å². The number of rotatable bonds is 4. The molecule has 0 aliphatic heterocycles. The van der Waals surface area contributed by atoms with Crippen molar-refractivity contribution in [3.05, 3.63) is 35.4 Å². The van der Waals surface area contributed by atoms with Crippen molar-refractivity contribution in [2.45, 2.75) is 38.3 Å². The van der Waals surface area contributed by atoms with E-state index >= 15 is 0 Å². The van der Waals surface area contributed by atoms with Gasteiger partial charge in [0, 0.05) is 5.88 Å². The molecule has 4 heteroatoms. The monoisotopic (exact) mass is 290 g/mol. The Labute approximate surface area is 117 Å². The van der Waals surface area contributed by atoms with Crippen molar-refractivity contribution in [2.24, 2.45) is 11.8 Å². The highest BCUT2D eigenvalue weighted by Gasteiger charge is 2.31. The molecule has 0 saturated heterocycles. The quantitative estimate of drug-likeness (QED) is 0.661. The fraction of sp³-hybridized carbons (Fsp3) is 0.600. The van der Waals surface area contributed by atoms with Crippen LogP contribution in [0.15, 0.2) is 24.3 Å². The summed E-state index contributed by atoms with van der Waals surface area (Å²) in [5.74, 6) is 1.40. The third-order valence-electron chi connectivity index (χ3n) is 4.02. The maximum Gasteiger partial charge on any atom is 0.416 e. The van der Waals surface area contributed by atoms with Crippen LogP contribution in [0.25, 0.3) is 0 Å².